The molecule has 1 amide bonds. The summed E-state index contributed by atoms with van der Waals surface area (Å²) in [6, 6.07) is 8.17. The van der Waals surface area contributed by atoms with E-state index in [9.17, 15) is 4.79 Å². The summed E-state index contributed by atoms with van der Waals surface area (Å²) in [7, 11) is 1.65. The number of ether oxygens (including phenoxy) is 1. The monoisotopic (exact) mass is 345 g/mol. The van der Waals surface area contributed by atoms with Gasteiger partial charge in [0.05, 0.1) is 12.9 Å². The Morgan fingerprint density at radius 2 is 2.12 bits per heavy atom. The smallest absolute Gasteiger partial charge is 0.233 e. The van der Waals surface area contributed by atoms with E-state index in [1.807, 2.05) is 39.9 Å². The molecule has 0 spiro atoms. The number of thioether (sulfide) groups is 1. The van der Waals surface area contributed by atoms with Gasteiger partial charge in [-0.15, -0.1) is 0 Å². The second kappa shape index (κ2) is 7.75. The zero-order valence-electron chi connectivity index (χ0n) is 14.1. The number of piperidine rings is 1. The Balaban J connectivity index is 1.66. The van der Waals surface area contributed by atoms with E-state index in [0.717, 1.165) is 36.0 Å². The number of carbonyl (C=O) groups is 1. The van der Waals surface area contributed by atoms with Crippen molar-refractivity contribution < 1.29 is 9.53 Å². The maximum absolute atomic E-state index is 12.5. The Hall–Kier alpha value is -1.95. The molecule has 1 aliphatic rings. The second-order valence-corrected chi connectivity index (χ2v) is 6.94. The van der Waals surface area contributed by atoms with Crippen molar-refractivity contribution in [1.29, 1.82) is 0 Å². The van der Waals surface area contributed by atoms with Crippen molar-refractivity contribution >= 4 is 17.7 Å². The number of hydrogen-bond donors (Lipinski definition) is 0. The molecule has 1 atom stereocenters. The molecule has 0 unspecified atom stereocenters. The lowest BCUT2D eigenvalue weighted by molar-refractivity contribution is -0.131. The molecular formula is C18H23N3O2S. The summed E-state index contributed by atoms with van der Waals surface area (Å²) in [5.74, 6) is 1.45. The third-order valence-corrected chi connectivity index (χ3v) is 5.36. The van der Waals surface area contributed by atoms with Crippen LogP contribution in [0.15, 0.2) is 41.8 Å². The van der Waals surface area contributed by atoms with E-state index in [1.54, 1.807) is 13.3 Å². The molecule has 0 saturated carbocycles. The largest absolute Gasteiger partial charge is 0.497 e. The van der Waals surface area contributed by atoms with Crippen LogP contribution >= 0.6 is 11.8 Å². The van der Waals surface area contributed by atoms with Gasteiger partial charge >= 0.3 is 0 Å². The maximum atomic E-state index is 12.5. The highest BCUT2D eigenvalue weighted by Gasteiger charge is 2.23. The van der Waals surface area contributed by atoms with Gasteiger partial charge in [-0.1, -0.05) is 11.8 Å². The lowest BCUT2D eigenvalue weighted by Crippen LogP contribution is -2.42. The van der Waals surface area contributed by atoms with E-state index < -0.39 is 0 Å². The molecule has 1 fully saturated rings. The number of carbonyl (C=O) groups excluding carboxylic acids is 1. The van der Waals surface area contributed by atoms with Crippen LogP contribution in [-0.4, -0.2) is 45.8 Å². The minimum atomic E-state index is 0.205. The molecule has 6 heteroatoms. The van der Waals surface area contributed by atoms with Crippen LogP contribution in [-0.2, 0) is 4.79 Å². The number of methoxy groups -OCH3 is 1. The fraction of sp³-hybridized carbons (Fsp3) is 0.444. The van der Waals surface area contributed by atoms with Gasteiger partial charge in [-0.25, -0.2) is 4.98 Å². The molecule has 1 aliphatic heterocycles. The molecule has 24 heavy (non-hydrogen) atoms. The van der Waals surface area contributed by atoms with E-state index in [-0.39, 0.29) is 5.91 Å². The molecule has 1 saturated heterocycles. The first kappa shape index (κ1) is 16.9. The summed E-state index contributed by atoms with van der Waals surface area (Å²) in [6.07, 6.45) is 7.12. The lowest BCUT2D eigenvalue weighted by Gasteiger charge is -2.33. The van der Waals surface area contributed by atoms with Crippen LogP contribution in [0.5, 0.6) is 5.75 Å². The molecule has 0 bridgehead atoms. The molecule has 0 aliphatic carbocycles. The maximum Gasteiger partial charge on any atom is 0.233 e. The summed E-state index contributed by atoms with van der Waals surface area (Å²) >= 11 is 1.49. The molecule has 0 radical (unpaired) electrons. The normalized spacial score (nSPS) is 17.8. The molecule has 5 nitrogen and oxygen atoms in total. The fourth-order valence-electron chi connectivity index (χ4n) is 3.01. The predicted octanol–water partition coefficient (Wildman–Crippen LogP) is 3.37. The third-order valence-electron chi connectivity index (χ3n) is 4.41. The molecule has 1 aromatic heterocycles. The molecule has 2 aromatic rings. The highest BCUT2D eigenvalue weighted by Crippen LogP contribution is 2.24. The number of aromatic nitrogens is 2. The number of likely N-dealkylation sites (tertiary alicyclic amines) is 1. The number of imidazole rings is 1. The van der Waals surface area contributed by atoms with Crippen LogP contribution in [0.2, 0.25) is 0 Å². The van der Waals surface area contributed by atoms with Crippen LogP contribution < -0.4 is 4.74 Å². The highest BCUT2D eigenvalue weighted by molar-refractivity contribution is 7.99. The molecule has 0 N–H and O–H groups in total. The van der Waals surface area contributed by atoms with Gasteiger partial charge < -0.3 is 9.64 Å². The summed E-state index contributed by atoms with van der Waals surface area (Å²) < 4.78 is 7.19. The predicted molar refractivity (Wildman–Crippen MR) is 95.9 cm³/mol. The molecule has 2 heterocycles. The summed E-state index contributed by atoms with van der Waals surface area (Å²) in [6.45, 7) is 3.02. The minimum absolute atomic E-state index is 0.205. The lowest BCUT2D eigenvalue weighted by atomic mass is 10.0. The van der Waals surface area contributed by atoms with Gasteiger partial charge in [0.1, 0.15) is 5.75 Å². The Morgan fingerprint density at radius 1 is 1.33 bits per heavy atom. The first-order valence-electron chi connectivity index (χ1n) is 8.29. The van der Waals surface area contributed by atoms with E-state index in [1.165, 1.54) is 18.2 Å². The van der Waals surface area contributed by atoms with Crippen molar-refractivity contribution in [2.24, 2.45) is 0 Å². The van der Waals surface area contributed by atoms with Crippen molar-refractivity contribution in [2.45, 2.75) is 37.4 Å². The summed E-state index contributed by atoms with van der Waals surface area (Å²) in [5.41, 5.74) is 1.01. The Morgan fingerprint density at radius 3 is 2.83 bits per heavy atom. The minimum Gasteiger partial charge on any atom is -0.497 e. The Bertz CT molecular complexity index is 684. The number of rotatable bonds is 5. The standard InChI is InChI=1S/C18H23N3O2S/c1-14-5-3-4-11-20(14)17(22)13-24-18-19-10-12-21(18)15-6-8-16(23-2)9-7-15/h6-10,12,14H,3-5,11,13H2,1-2H3/t14-/m1/s1. The van der Waals surface area contributed by atoms with Crippen LogP contribution in [0.3, 0.4) is 0 Å². The van der Waals surface area contributed by atoms with E-state index >= 15 is 0 Å². The van der Waals surface area contributed by atoms with Crippen LogP contribution in [0.1, 0.15) is 26.2 Å². The van der Waals surface area contributed by atoms with Crippen molar-refractivity contribution in [3.8, 4) is 11.4 Å². The van der Waals surface area contributed by atoms with Crippen molar-refractivity contribution in [3.63, 3.8) is 0 Å². The molecular weight excluding hydrogens is 322 g/mol. The van der Waals surface area contributed by atoms with Gasteiger partial charge in [0, 0.05) is 30.7 Å². The van der Waals surface area contributed by atoms with Crippen LogP contribution in [0.4, 0.5) is 0 Å². The first-order valence-corrected chi connectivity index (χ1v) is 9.27. The molecule has 128 valence electrons. The van der Waals surface area contributed by atoms with Crippen LogP contribution in [0, 0.1) is 0 Å². The van der Waals surface area contributed by atoms with Gasteiger partial charge in [-0.3, -0.25) is 9.36 Å². The van der Waals surface area contributed by atoms with Gasteiger partial charge in [-0.2, -0.15) is 0 Å². The van der Waals surface area contributed by atoms with E-state index in [4.69, 9.17) is 4.74 Å². The molecule has 1 aromatic carbocycles. The zero-order valence-corrected chi connectivity index (χ0v) is 15.0. The second-order valence-electron chi connectivity index (χ2n) is 6.00. The van der Waals surface area contributed by atoms with E-state index in [2.05, 4.69) is 11.9 Å². The topological polar surface area (TPSA) is 47.4 Å². The van der Waals surface area contributed by atoms with Crippen molar-refractivity contribution in [1.82, 2.24) is 14.5 Å². The number of hydrogen-bond acceptors (Lipinski definition) is 4. The van der Waals surface area contributed by atoms with Gasteiger partial charge in [0.25, 0.3) is 0 Å². The SMILES string of the molecule is COc1ccc(-n2ccnc2SCC(=O)N2CCCC[C@H]2C)cc1. The Kier molecular flexibility index (Phi) is 5.45. The summed E-state index contributed by atoms with van der Waals surface area (Å²) in [4.78, 5) is 18.9. The summed E-state index contributed by atoms with van der Waals surface area (Å²) in [5, 5.41) is 0.832. The first-order chi connectivity index (χ1) is 11.7. The van der Waals surface area contributed by atoms with Crippen molar-refractivity contribution in [3.05, 3.63) is 36.7 Å². The number of benzene rings is 1. The quantitative estimate of drug-likeness (QED) is 0.780. The highest BCUT2D eigenvalue weighted by atomic mass is 32.2. The van der Waals surface area contributed by atoms with Crippen molar-refractivity contribution in [2.75, 3.05) is 19.4 Å². The van der Waals surface area contributed by atoms with Gasteiger partial charge in [0.2, 0.25) is 5.91 Å². The number of nitrogens with zero attached hydrogens (tertiary/aromatic N) is 3. The third kappa shape index (κ3) is 3.75. The Labute approximate surface area is 147 Å². The zero-order chi connectivity index (χ0) is 16.9. The van der Waals surface area contributed by atoms with Crippen LogP contribution in [0.25, 0.3) is 5.69 Å². The van der Waals surface area contributed by atoms with E-state index in [0.29, 0.717) is 11.8 Å². The average molecular weight is 345 g/mol. The number of amides is 1. The van der Waals surface area contributed by atoms with Gasteiger partial charge in [-0.05, 0) is 50.5 Å². The molecule has 3 rings (SSSR count). The average Bonchev–Trinajstić information content (AvgIpc) is 3.08. The van der Waals surface area contributed by atoms with Gasteiger partial charge in [0.15, 0.2) is 5.16 Å². The fourth-order valence-corrected chi connectivity index (χ4v) is 3.87.